The topological polar surface area (TPSA) is 189 Å². The summed E-state index contributed by atoms with van der Waals surface area (Å²) in [5.74, 6) is 0. The van der Waals surface area contributed by atoms with Crippen LogP contribution in [0.1, 0.15) is 0 Å². The summed E-state index contributed by atoms with van der Waals surface area (Å²) >= 11 is 0. The standard InChI is InChI=1S/ClH.6H2O.Tm/h1H;6*1H2;. The van der Waals surface area contributed by atoms with Gasteiger partial charge in [-0.25, -0.2) is 0 Å². The normalized spacial score (nSPS) is 0. The molecule has 1 radical (unpaired) electrons. The van der Waals surface area contributed by atoms with Crippen molar-refractivity contribution in [3.05, 3.63) is 0 Å². The van der Waals surface area contributed by atoms with Gasteiger partial charge >= 0.3 is 0 Å². The molecule has 0 bridgehead atoms. The van der Waals surface area contributed by atoms with E-state index in [9.17, 15) is 0 Å². The van der Waals surface area contributed by atoms with E-state index in [4.69, 9.17) is 0 Å². The van der Waals surface area contributed by atoms with Crippen molar-refractivity contribution in [3.63, 3.8) is 0 Å². The van der Waals surface area contributed by atoms with Crippen molar-refractivity contribution in [2.45, 2.75) is 0 Å². The summed E-state index contributed by atoms with van der Waals surface area (Å²) in [7, 11) is 0. The molecule has 0 unspecified atom stereocenters. The van der Waals surface area contributed by atoms with Crippen LogP contribution in [0.4, 0.5) is 0 Å². The van der Waals surface area contributed by atoms with Gasteiger partial charge in [0, 0.05) is 36.9 Å². The van der Waals surface area contributed by atoms with E-state index in [2.05, 4.69) is 0 Å². The third-order valence-corrected chi connectivity index (χ3v) is 0. The van der Waals surface area contributed by atoms with Gasteiger partial charge < -0.3 is 32.9 Å². The van der Waals surface area contributed by atoms with Gasteiger partial charge in [0.1, 0.15) is 0 Å². The number of hydrogen-bond donors (Lipinski definition) is 0. The number of rotatable bonds is 0. The molecule has 0 aliphatic heterocycles. The van der Waals surface area contributed by atoms with E-state index in [0.717, 1.165) is 0 Å². The molecule has 0 rings (SSSR count). The molecule has 0 amide bonds. The van der Waals surface area contributed by atoms with Crippen LogP contribution in [-0.2, 0) is 0 Å². The fourth-order valence-corrected chi connectivity index (χ4v) is 0. The predicted molar refractivity (Wildman–Crippen MR) is 28.9 cm³/mol. The Labute approximate surface area is 81.7 Å². The molecule has 12 N–H and O–H groups in total. The maximum absolute atomic E-state index is 0. The van der Waals surface area contributed by atoms with Crippen molar-refractivity contribution < 1.29 is 69.7 Å². The minimum Gasteiger partial charge on any atom is -0.412 e. The Morgan fingerprint density at radius 1 is 0.375 bits per heavy atom. The van der Waals surface area contributed by atoms with Crippen molar-refractivity contribution in [1.82, 2.24) is 0 Å². The summed E-state index contributed by atoms with van der Waals surface area (Å²) in [5, 5.41) is 0. The Hall–Kier alpha value is 1.28. The molecular formula is H13ClO6Tm. The summed E-state index contributed by atoms with van der Waals surface area (Å²) in [5.41, 5.74) is 0. The van der Waals surface area contributed by atoms with Crippen LogP contribution in [0.15, 0.2) is 0 Å². The third-order valence-electron chi connectivity index (χ3n) is 0. The fraction of sp³-hybridized carbons (Fsp3) is 0. The van der Waals surface area contributed by atoms with Crippen LogP contribution in [-0.4, -0.2) is 32.9 Å². The minimum atomic E-state index is 0. The summed E-state index contributed by atoms with van der Waals surface area (Å²) in [6.45, 7) is 0. The van der Waals surface area contributed by atoms with Crippen LogP contribution >= 0.6 is 12.4 Å². The Morgan fingerprint density at radius 2 is 0.375 bits per heavy atom. The van der Waals surface area contributed by atoms with Crippen molar-refractivity contribution in [1.29, 1.82) is 0 Å². The summed E-state index contributed by atoms with van der Waals surface area (Å²) in [4.78, 5) is 0. The summed E-state index contributed by atoms with van der Waals surface area (Å²) in [6, 6.07) is 0. The molecule has 0 atom stereocenters. The first-order valence-electron chi connectivity index (χ1n) is 0. The Bertz CT molecular complexity index is 8.49. The zero-order valence-electron chi connectivity index (χ0n) is 3.69. The zero-order chi connectivity index (χ0) is 0. The van der Waals surface area contributed by atoms with Gasteiger partial charge in [0.15, 0.2) is 0 Å². The Morgan fingerprint density at radius 3 is 0.375 bits per heavy atom. The Balaban J connectivity index is 0. The molecule has 0 saturated heterocycles. The van der Waals surface area contributed by atoms with E-state index in [1.54, 1.807) is 0 Å². The third kappa shape index (κ3) is 175. The molecular weight excluding hydrogens is 300 g/mol. The van der Waals surface area contributed by atoms with E-state index in [0.29, 0.717) is 0 Å². The molecule has 0 saturated carbocycles. The molecule has 69 valence electrons. The molecule has 8 heteroatoms. The molecule has 0 aromatic carbocycles. The van der Waals surface area contributed by atoms with E-state index < -0.39 is 0 Å². The smallest absolute Gasteiger partial charge is 0 e. The molecule has 0 aromatic rings. The van der Waals surface area contributed by atoms with Gasteiger partial charge in [0.2, 0.25) is 0 Å². The second-order valence-electron chi connectivity index (χ2n) is 0. The van der Waals surface area contributed by atoms with Gasteiger partial charge in [0.05, 0.1) is 0 Å². The number of hydrogen-bond acceptors (Lipinski definition) is 0. The molecule has 8 heavy (non-hydrogen) atoms. The molecule has 0 fully saturated rings. The van der Waals surface area contributed by atoms with E-state index in [1.165, 1.54) is 0 Å². The van der Waals surface area contributed by atoms with E-state index in [-0.39, 0.29) is 82.1 Å². The van der Waals surface area contributed by atoms with Gasteiger partial charge in [-0.1, -0.05) is 0 Å². The van der Waals surface area contributed by atoms with Gasteiger partial charge in [-0.05, 0) is 0 Å². The minimum absolute atomic E-state index is 0. The van der Waals surface area contributed by atoms with Crippen molar-refractivity contribution in [3.8, 4) is 0 Å². The van der Waals surface area contributed by atoms with Gasteiger partial charge in [0.25, 0.3) is 0 Å². The number of halogens is 1. The fourth-order valence-electron chi connectivity index (χ4n) is 0. The quantitative estimate of drug-likeness (QED) is 0.416. The van der Waals surface area contributed by atoms with Gasteiger partial charge in [-0.2, -0.15) is 0 Å². The molecule has 0 aromatic heterocycles. The molecule has 6 nitrogen and oxygen atoms in total. The van der Waals surface area contributed by atoms with Crippen LogP contribution < -0.4 is 0 Å². The maximum atomic E-state index is 0. The predicted octanol–water partition coefficient (Wildman–Crippen LogP) is -4.53. The first-order chi connectivity index (χ1) is 0. The van der Waals surface area contributed by atoms with E-state index >= 15 is 0 Å². The summed E-state index contributed by atoms with van der Waals surface area (Å²) < 4.78 is 0. The van der Waals surface area contributed by atoms with Gasteiger partial charge in [-0.15, -0.1) is 12.4 Å². The van der Waals surface area contributed by atoms with Crippen LogP contribution in [0.3, 0.4) is 0 Å². The van der Waals surface area contributed by atoms with Crippen LogP contribution in [0.25, 0.3) is 0 Å². The first kappa shape index (κ1) is 387. The molecule has 0 heterocycles. The summed E-state index contributed by atoms with van der Waals surface area (Å²) in [6.07, 6.45) is 0. The van der Waals surface area contributed by atoms with Crippen LogP contribution in [0, 0.1) is 36.9 Å². The second-order valence-corrected chi connectivity index (χ2v) is 0. The maximum Gasteiger partial charge on any atom is 0 e. The average Bonchev–Trinajstić information content (AvgIpc) is 0. The SMILES string of the molecule is Cl.O.O.O.O.O.O.[Tm]. The first-order valence-corrected chi connectivity index (χ1v) is 0. The van der Waals surface area contributed by atoms with Crippen molar-refractivity contribution >= 4 is 12.4 Å². The van der Waals surface area contributed by atoms with Gasteiger partial charge in [-0.3, -0.25) is 0 Å². The van der Waals surface area contributed by atoms with Crippen LogP contribution in [0.2, 0.25) is 0 Å². The average molecular weight is 313 g/mol. The molecule has 0 aliphatic rings. The van der Waals surface area contributed by atoms with Crippen molar-refractivity contribution in [2.75, 3.05) is 0 Å². The van der Waals surface area contributed by atoms with Crippen LogP contribution in [0.5, 0.6) is 0 Å². The largest absolute Gasteiger partial charge is 0.412 e. The zero-order valence-corrected chi connectivity index (χ0v) is 6.28. The van der Waals surface area contributed by atoms with Crippen molar-refractivity contribution in [2.24, 2.45) is 0 Å². The molecule has 0 aliphatic carbocycles. The second kappa shape index (κ2) is 267. The Kier molecular flexibility index (Phi) is 12900. The van der Waals surface area contributed by atoms with E-state index in [1.807, 2.05) is 0 Å². The molecule has 0 spiro atoms. The monoisotopic (exact) mass is 313 g/mol.